The molecule has 9 nitrogen and oxygen atoms in total. The Balaban J connectivity index is 0.00000342. The van der Waals surface area contributed by atoms with Gasteiger partial charge in [-0.15, -0.1) is 0 Å². The molecule has 2 fully saturated rings. The number of hydrogen-bond donors (Lipinski definition) is 3. The summed E-state index contributed by atoms with van der Waals surface area (Å²) < 4.78 is 0. The number of nitrogens with two attached hydrogens (primary N) is 1. The highest BCUT2D eigenvalue weighted by atomic mass is 16.2. The van der Waals surface area contributed by atoms with Crippen molar-refractivity contribution in [3.8, 4) is 0 Å². The van der Waals surface area contributed by atoms with Gasteiger partial charge in [-0.2, -0.15) is 4.98 Å². The summed E-state index contributed by atoms with van der Waals surface area (Å²) in [6.45, 7) is 7.47. The average Bonchev–Trinajstić information content (AvgIpc) is 3.28. The van der Waals surface area contributed by atoms with Gasteiger partial charge in [0.25, 0.3) is 5.91 Å². The molecule has 4 rings (SSSR count). The van der Waals surface area contributed by atoms with Gasteiger partial charge in [0.1, 0.15) is 5.82 Å². The normalized spacial score (nSPS) is 20.4. The van der Waals surface area contributed by atoms with Gasteiger partial charge in [0.05, 0.1) is 5.92 Å². The van der Waals surface area contributed by atoms with Crippen molar-refractivity contribution < 1.29 is 9.59 Å². The van der Waals surface area contributed by atoms with Crippen molar-refractivity contribution in [1.29, 1.82) is 0 Å². The van der Waals surface area contributed by atoms with E-state index in [9.17, 15) is 9.59 Å². The molecule has 0 spiro atoms. The lowest BCUT2D eigenvalue weighted by atomic mass is 10.0. The summed E-state index contributed by atoms with van der Waals surface area (Å²) in [4.78, 5) is 37.9. The van der Waals surface area contributed by atoms with E-state index in [1.54, 1.807) is 0 Å². The molecule has 35 heavy (non-hydrogen) atoms. The highest BCUT2D eigenvalue weighted by molar-refractivity contribution is 5.94. The summed E-state index contributed by atoms with van der Waals surface area (Å²) in [7, 11) is 2.07. The molecule has 0 unspecified atom stereocenters. The summed E-state index contributed by atoms with van der Waals surface area (Å²) >= 11 is 0. The van der Waals surface area contributed by atoms with Crippen LogP contribution in [0.15, 0.2) is 30.5 Å². The molecule has 2 aliphatic rings. The number of carbonyl (C=O) groups excluding carboxylic acids is 2. The topological polar surface area (TPSA) is 116 Å². The van der Waals surface area contributed by atoms with Gasteiger partial charge >= 0.3 is 0 Å². The van der Waals surface area contributed by atoms with E-state index in [2.05, 4.69) is 41.4 Å². The maximum atomic E-state index is 12.8. The molecule has 190 valence electrons. The third kappa shape index (κ3) is 6.28. The van der Waals surface area contributed by atoms with Crippen LogP contribution in [0.5, 0.6) is 0 Å². The van der Waals surface area contributed by atoms with Crippen LogP contribution in [0.25, 0.3) is 0 Å². The van der Waals surface area contributed by atoms with Gasteiger partial charge in [0, 0.05) is 55.2 Å². The average molecular weight is 482 g/mol. The van der Waals surface area contributed by atoms with Gasteiger partial charge in [-0.05, 0) is 50.1 Å². The standard InChI is InChI=1S/C25H35N7O2.CH4/c1-16(2)20-15-27-25(30-23(20)29-21-6-4-5-19(21)22(26)33)28-18-9-7-17(8-10-18)24(34)32-13-11-31(3)12-14-32;/h7-10,15-16,19,21H,4-6,11-14H2,1-3H3,(H2,26,33)(H2,27,28,29,30);1H4/t19-,21+;/m0./s1. The van der Waals surface area contributed by atoms with Crippen LogP contribution in [0.2, 0.25) is 0 Å². The summed E-state index contributed by atoms with van der Waals surface area (Å²) in [6.07, 6.45) is 4.49. The molecule has 9 heteroatoms. The SMILES string of the molecule is C.CC(C)c1cnc(Nc2ccc(C(=O)N3CCN(C)CC3)cc2)nc1N[C@@H]1CCC[C@@H]1C(N)=O. The number of likely N-dealkylation sites (N-methyl/N-ethyl adjacent to an activating group) is 1. The molecule has 4 N–H and O–H groups in total. The van der Waals surface area contributed by atoms with Gasteiger partial charge < -0.3 is 26.2 Å². The van der Waals surface area contributed by atoms with Crippen LogP contribution in [0.1, 0.15) is 62.4 Å². The molecule has 0 radical (unpaired) electrons. The minimum atomic E-state index is -0.264. The zero-order valence-electron chi connectivity index (χ0n) is 20.3. The zero-order chi connectivity index (χ0) is 24.2. The van der Waals surface area contributed by atoms with Crippen LogP contribution in [0.4, 0.5) is 17.5 Å². The van der Waals surface area contributed by atoms with Crippen molar-refractivity contribution in [3.05, 3.63) is 41.6 Å². The van der Waals surface area contributed by atoms with Crippen molar-refractivity contribution in [3.63, 3.8) is 0 Å². The molecule has 1 aromatic carbocycles. The van der Waals surface area contributed by atoms with Gasteiger partial charge in [-0.25, -0.2) is 4.98 Å². The van der Waals surface area contributed by atoms with Gasteiger partial charge in [0.2, 0.25) is 11.9 Å². The number of anilines is 3. The number of piperazine rings is 1. The highest BCUT2D eigenvalue weighted by Gasteiger charge is 2.32. The van der Waals surface area contributed by atoms with E-state index in [0.717, 1.165) is 62.5 Å². The van der Waals surface area contributed by atoms with Crippen molar-refractivity contribution in [1.82, 2.24) is 19.8 Å². The number of primary amides is 1. The van der Waals surface area contributed by atoms with Crippen LogP contribution in [0, 0.1) is 5.92 Å². The first-order chi connectivity index (χ1) is 16.3. The molecule has 2 heterocycles. The van der Waals surface area contributed by atoms with E-state index in [4.69, 9.17) is 10.7 Å². The second-order valence-electron chi connectivity index (χ2n) is 9.64. The maximum Gasteiger partial charge on any atom is 0.253 e. The molecule has 1 saturated heterocycles. The molecule has 1 aliphatic carbocycles. The number of carbonyl (C=O) groups is 2. The Bertz CT molecular complexity index is 1020. The summed E-state index contributed by atoms with van der Waals surface area (Å²) in [5.74, 6) is 1.02. The number of amides is 2. The predicted molar refractivity (Wildman–Crippen MR) is 140 cm³/mol. The molecule has 2 aromatic rings. The van der Waals surface area contributed by atoms with E-state index in [1.165, 1.54) is 0 Å². The Morgan fingerprint density at radius 2 is 1.77 bits per heavy atom. The van der Waals surface area contributed by atoms with Crippen LogP contribution >= 0.6 is 0 Å². The molecule has 0 bridgehead atoms. The Labute approximate surface area is 208 Å². The number of aromatic nitrogens is 2. The summed E-state index contributed by atoms with van der Waals surface area (Å²) in [6, 6.07) is 7.39. The molecule has 2 atom stereocenters. The third-order valence-corrected chi connectivity index (χ3v) is 6.82. The van der Waals surface area contributed by atoms with E-state index >= 15 is 0 Å². The minimum Gasteiger partial charge on any atom is -0.369 e. The molecule has 1 aliphatic heterocycles. The molecular formula is C26H39N7O2. The molecule has 2 amide bonds. The number of hydrogen-bond acceptors (Lipinski definition) is 7. The first-order valence-electron chi connectivity index (χ1n) is 12.1. The Kier molecular flexibility index (Phi) is 8.67. The fourth-order valence-corrected chi connectivity index (χ4v) is 4.66. The van der Waals surface area contributed by atoms with Crippen molar-refractivity contribution in [2.24, 2.45) is 11.7 Å². The predicted octanol–water partition coefficient (Wildman–Crippen LogP) is 3.43. The number of nitrogens with zero attached hydrogens (tertiary/aromatic N) is 4. The largest absolute Gasteiger partial charge is 0.369 e. The second kappa shape index (κ2) is 11.5. The van der Waals surface area contributed by atoms with Crippen LogP contribution in [-0.2, 0) is 4.79 Å². The third-order valence-electron chi connectivity index (χ3n) is 6.82. The lowest BCUT2D eigenvalue weighted by Crippen LogP contribution is -2.47. The first-order valence-corrected chi connectivity index (χ1v) is 12.1. The van der Waals surface area contributed by atoms with Crippen LogP contribution in [0.3, 0.4) is 0 Å². The molecular weight excluding hydrogens is 442 g/mol. The quantitative estimate of drug-likeness (QED) is 0.555. The monoisotopic (exact) mass is 481 g/mol. The second-order valence-corrected chi connectivity index (χ2v) is 9.64. The Morgan fingerprint density at radius 3 is 2.40 bits per heavy atom. The maximum absolute atomic E-state index is 12.8. The van der Waals surface area contributed by atoms with Crippen LogP contribution in [-0.4, -0.2) is 70.9 Å². The van der Waals surface area contributed by atoms with E-state index in [0.29, 0.717) is 11.5 Å². The fraction of sp³-hybridized carbons (Fsp3) is 0.538. The Morgan fingerprint density at radius 1 is 1.09 bits per heavy atom. The van der Waals surface area contributed by atoms with Crippen molar-refractivity contribution in [2.75, 3.05) is 43.9 Å². The number of rotatable bonds is 7. The van der Waals surface area contributed by atoms with E-state index in [-0.39, 0.29) is 37.1 Å². The van der Waals surface area contributed by atoms with Gasteiger partial charge in [-0.1, -0.05) is 27.7 Å². The smallest absolute Gasteiger partial charge is 0.253 e. The van der Waals surface area contributed by atoms with Crippen molar-refractivity contribution in [2.45, 2.75) is 52.5 Å². The van der Waals surface area contributed by atoms with Crippen molar-refractivity contribution >= 4 is 29.3 Å². The van der Waals surface area contributed by atoms with E-state index < -0.39 is 0 Å². The van der Waals surface area contributed by atoms with Crippen LogP contribution < -0.4 is 16.4 Å². The number of benzene rings is 1. The molecule has 1 saturated carbocycles. The fourth-order valence-electron chi connectivity index (χ4n) is 4.66. The minimum absolute atomic E-state index is 0. The van der Waals surface area contributed by atoms with E-state index in [1.807, 2.05) is 35.4 Å². The zero-order valence-corrected chi connectivity index (χ0v) is 20.3. The Hall–Kier alpha value is -3.20. The first kappa shape index (κ1) is 26.4. The van der Waals surface area contributed by atoms with Gasteiger partial charge in [0.15, 0.2) is 0 Å². The highest BCUT2D eigenvalue weighted by Crippen LogP contribution is 2.31. The lowest BCUT2D eigenvalue weighted by molar-refractivity contribution is -0.121. The number of nitrogens with one attached hydrogen (secondary N) is 2. The lowest BCUT2D eigenvalue weighted by Gasteiger charge is -2.32. The van der Waals surface area contributed by atoms with Gasteiger partial charge in [-0.3, -0.25) is 9.59 Å². The molecule has 1 aromatic heterocycles. The summed E-state index contributed by atoms with van der Waals surface area (Å²) in [5, 5.41) is 6.70. The summed E-state index contributed by atoms with van der Waals surface area (Å²) in [5.41, 5.74) is 8.07.